The van der Waals surface area contributed by atoms with Gasteiger partial charge >= 0.3 is 0 Å². The van der Waals surface area contributed by atoms with Crippen LogP contribution in [0.4, 0.5) is 5.69 Å². The number of halogens is 2. The van der Waals surface area contributed by atoms with Crippen molar-refractivity contribution >= 4 is 40.3 Å². The maximum atomic E-state index is 6.07. The molecule has 1 atom stereocenters. The molecule has 0 N–H and O–H groups in total. The van der Waals surface area contributed by atoms with Crippen molar-refractivity contribution in [2.75, 3.05) is 6.66 Å². The lowest BCUT2D eigenvalue weighted by molar-refractivity contribution is 1.49. The van der Waals surface area contributed by atoms with Crippen molar-refractivity contribution in [3.63, 3.8) is 0 Å². The first kappa shape index (κ1) is 9.26. The van der Waals surface area contributed by atoms with E-state index >= 15 is 0 Å². The molecule has 2 nitrogen and oxygen atoms in total. The minimum absolute atomic E-state index is 0.469. The minimum Gasteiger partial charge on any atom is -0.230 e. The number of hydrogen-bond donors (Lipinski definition) is 0. The van der Waals surface area contributed by atoms with Gasteiger partial charge in [0.05, 0.1) is 5.69 Å². The van der Waals surface area contributed by atoms with Crippen molar-refractivity contribution in [2.24, 2.45) is 9.51 Å². The third-order valence-corrected chi connectivity index (χ3v) is 3.69. The SMILES string of the molecule is CP1(Cl)=Nc2ccccc2C(Cl)=N1. The van der Waals surface area contributed by atoms with Crippen molar-refractivity contribution in [3.05, 3.63) is 29.8 Å². The van der Waals surface area contributed by atoms with Crippen LogP contribution in [0.25, 0.3) is 0 Å². The van der Waals surface area contributed by atoms with Gasteiger partial charge in [0.1, 0.15) is 5.17 Å². The van der Waals surface area contributed by atoms with Crippen LogP contribution < -0.4 is 0 Å². The first-order chi connectivity index (χ1) is 6.08. The summed E-state index contributed by atoms with van der Waals surface area (Å²) in [5.74, 6) is 0. The van der Waals surface area contributed by atoms with E-state index in [0.717, 1.165) is 11.3 Å². The molecule has 0 aliphatic carbocycles. The van der Waals surface area contributed by atoms with Crippen molar-refractivity contribution in [3.8, 4) is 0 Å². The molecule has 1 aromatic rings. The molecule has 1 heterocycles. The summed E-state index contributed by atoms with van der Waals surface area (Å²) in [5, 5.41) is 0.469. The normalized spacial score (nSPS) is 25.9. The van der Waals surface area contributed by atoms with E-state index in [9.17, 15) is 0 Å². The molecule has 1 aliphatic heterocycles. The van der Waals surface area contributed by atoms with Gasteiger partial charge in [-0.15, -0.1) is 0 Å². The molecule has 0 saturated heterocycles. The summed E-state index contributed by atoms with van der Waals surface area (Å²) < 4.78 is 8.48. The van der Waals surface area contributed by atoms with E-state index in [2.05, 4.69) is 9.51 Å². The molecular weight excluding hydrogens is 226 g/mol. The fraction of sp³-hybridized carbons (Fsp3) is 0.125. The number of benzene rings is 1. The zero-order chi connectivity index (χ0) is 9.47. The van der Waals surface area contributed by atoms with E-state index in [-0.39, 0.29) is 0 Å². The van der Waals surface area contributed by atoms with Crippen LogP contribution in [0.1, 0.15) is 5.56 Å². The predicted octanol–water partition coefficient (Wildman–Crippen LogP) is 4.22. The van der Waals surface area contributed by atoms with E-state index < -0.39 is 6.56 Å². The summed E-state index contributed by atoms with van der Waals surface area (Å²) in [4.78, 5) is 0. The third-order valence-electron chi connectivity index (χ3n) is 1.69. The Hall–Kier alpha value is -0.300. The van der Waals surface area contributed by atoms with E-state index in [0.29, 0.717) is 5.17 Å². The Morgan fingerprint density at radius 1 is 1.31 bits per heavy atom. The topological polar surface area (TPSA) is 24.7 Å². The quantitative estimate of drug-likeness (QED) is 0.599. The van der Waals surface area contributed by atoms with Gasteiger partial charge in [-0.25, -0.2) is 9.51 Å². The Bertz CT molecular complexity index is 434. The van der Waals surface area contributed by atoms with Gasteiger partial charge in [0, 0.05) is 12.2 Å². The summed E-state index contributed by atoms with van der Waals surface area (Å²) in [6, 6.07) is 7.60. The molecule has 1 aromatic carbocycles. The van der Waals surface area contributed by atoms with Crippen molar-refractivity contribution in [1.82, 2.24) is 0 Å². The zero-order valence-electron chi connectivity index (χ0n) is 6.91. The Balaban J connectivity index is 2.72. The van der Waals surface area contributed by atoms with Gasteiger partial charge in [0.25, 0.3) is 0 Å². The molecule has 5 heteroatoms. The minimum atomic E-state index is -2.07. The van der Waals surface area contributed by atoms with E-state index in [1.165, 1.54) is 0 Å². The molecule has 1 aliphatic rings. The van der Waals surface area contributed by atoms with E-state index in [4.69, 9.17) is 22.8 Å². The number of fused-ring (bicyclic) bond motifs is 1. The van der Waals surface area contributed by atoms with Crippen LogP contribution in [0.3, 0.4) is 0 Å². The van der Waals surface area contributed by atoms with Gasteiger partial charge in [-0.05, 0) is 12.1 Å². The van der Waals surface area contributed by atoms with Gasteiger partial charge in [-0.2, -0.15) is 0 Å². The second-order valence-corrected chi connectivity index (χ2v) is 7.12. The lowest BCUT2D eigenvalue weighted by Crippen LogP contribution is -1.94. The van der Waals surface area contributed by atoms with Gasteiger partial charge in [0.15, 0.2) is 6.56 Å². The summed E-state index contributed by atoms with van der Waals surface area (Å²) in [6.45, 7) is -0.259. The fourth-order valence-corrected chi connectivity index (χ4v) is 3.40. The van der Waals surface area contributed by atoms with Crippen molar-refractivity contribution < 1.29 is 0 Å². The predicted molar refractivity (Wildman–Crippen MR) is 59.6 cm³/mol. The average molecular weight is 233 g/mol. The van der Waals surface area contributed by atoms with Gasteiger partial charge in [-0.1, -0.05) is 35.0 Å². The summed E-state index contributed by atoms with van der Waals surface area (Å²) in [7, 11) is 0. The molecule has 0 radical (unpaired) electrons. The van der Waals surface area contributed by atoms with E-state index in [1.807, 2.05) is 30.9 Å². The lowest BCUT2D eigenvalue weighted by Gasteiger charge is -2.14. The third kappa shape index (κ3) is 1.80. The summed E-state index contributed by atoms with van der Waals surface area (Å²) in [5.41, 5.74) is 1.70. The number of rotatable bonds is 0. The highest BCUT2D eigenvalue weighted by molar-refractivity contribution is 7.89. The number of nitrogens with zero attached hydrogens (tertiary/aromatic N) is 2. The fourth-order valence-electron chi connectivity index (χ4n) is 1.17. The maximum absolute atomic E-state index is 6.07. The average Bonchev–Trinajstić information content (AvgIpc) is 2.02. The second-order valence-electron chi connectivity index (χ2n) is 2.82. The van der Waals surface area contributed by atoms with Crippen LogP contribution in [0.2, 0.25) is 0 Å². The zero-order valence-corrected chi connectivity index (χ0v) is 9.31. The Morgan fingerprint density at radius 2 is 2.00 bits per heavy atom. The second kappa shape index (κ2) is 3.13. The highest BCUT2D eigenvalue weighted by Crippen LogP contribution is 2.58. The molecule has 1 unspecified atom stereocenters. The van der Waals surface area contributed by atoms with Crippen LogP contribution in [0.15, 0.2) is 33.8 Å². The van der Waals surface area contributed by atoms with Crippen LogP contribution in [0.5, 0.6) is 0 Å². The molecule has 68 valence electrons. The highest BCUT2D eigenvalue weighted by atomic mass is 35.7. The van der Waals surface area contributed by atoms with Gasteiger partial charge < -0.3 is 0 Å². The summed E-state index contributed by atoms with van der Waals surface area (Å²) in [6.07, 6.45) is 0. The van der Waals surface area contributed by atoms with Crippen LogP contribution in [-0.2, 0) is 0 Å². The van der Waals surface area contributed by atoms with Crippen LogP contribution in [0, 0.1) is 0 Å². The van der Waals surface area contributed by atoms with Gasteiger partial charge in [-0.3, -0.25) is 0 Å². The Kier molecular flexibility index (Phi) is 2.23. The van der Waals surface area contributed by atoms with Crippen LogP contribution >= 0.6 is 29.4 Å². The molecule has 13 heavy (non-hydrogen) atoms. The van der Waals surface area contributed by atoms with Crippen molar-refractivity contribution in [1.29, 1.82) is 0 Å². The van der Waals surface area contributed by atoms with Gasteiger partial charge in [0.2, 0.25) is 0 Å². The van der Waals surface area contributed by atoms with E-state index in [1.54, 1.807) is 0 Å². The molecular formula is C8H7Cl2N2P. The standard InChI is InChI=1S/C8H7Cl2N2P/c1-13(10)11-7-5-3-2-4-6(7)8(9)12-13/h2-5H,1H3. The first-order valence-electron chi connectivity index (χ1n) is 3.73. The Labute approximate surface area is 86.5 Å². The number of hydrogen-bond acceptors (Lipinski definition) is 2. The smallest absolute Gasteiger partial charge is 0.162 e. The first-order valence-corrected chi connectivity index (χ1v) is 7.15. The largest absolute Gasteiger partial charge is 0.230 e. The molecule has 2 rings (SSSR count). The molecule has 0 fully saturated rings. The Morgan fingerprint density at radius 3 is 2.77 bits per heavy atom. The van der Waals surface area contributed by atoms with Crippen molar-refractivity contribution in [2.45, 2.75) is 0 Å². The molecule has 0 bridgehead atoms. The molecule has 0 amide bonds. The lowest BCUT2D eigenvalue weighted by atomic mass is 10.2. The molecule has 0 spiro atoms. The highest BCUT2D eigenvalue weighted by Gasteiger charge is 2.17. The van der Waals surface area contributed by atoms with Crippen LogP contribution in [-0.4, -0.2) is 11.8 Å². The molecule has 0 saturated carbocycles. The maximum Gasteiger partial charge on any atom is 0.162 e. The molecule has 0 aromatic heterocycles. The summed E-state index contributed by atoms with van der Waals surface area (Å²) >= 11 is 12.0. The monoisotopic (exact) mass is 232 g/mol.